The number of hydrogen-bond acceptors (Lipinski definition) is 5. The van der Waals surface area contributed by atoms with Crippen molar-refractivity contribution in [3.8, 4) is 0 Å². The third-order valence-electron chi connectivity index (χ3n) is 6.13. The van der Waals surface area contributed by atoms with Gasteiger partial charge in [-0.3, -0.25) is 4.79 Å². The van der Waals surface area contributed by atoms with Gasteiger partial charge < -0.3 is 25.4 Å². The Balaban J connectivity index is 1.43. The molecule has 32 heavy (non-hydrogen) atoms. The van der Waals surface area contributed by atoms with Crippen molar-refractivity contribution in [3.63, 3.8) is 0 Å². The van der Waals surface area contributed by atoms with Gasteiger partial charge in [0.1, 0.15) is 0 Å². The van der Waals surface area contributed by atoms with Gasteiger partial charge in [0.05, 0.1) is 12.7 Å². The van der Waals surface area contributed by atoms with Crippen molar-refractivity contribution in [1.82, 2.24) is 5.32 Å². The third kappa shape index (κ3) is 7.14. The highest BCUT2D eigenvalue weighted by molar-refractivity contribution is 5.67. The number of rotatable bonds is 12. The van der Waals surface area contributed by atoms with Crippen molar-refractivity contribution >= 4 is 5.97 Å². The highest BCUT2D eigenvalue weighted by atomic mass is 16.6. The van der Waals surface area contributed by atoms with Crippen molar-refractivity contribution in [3.05, 3.63) is 70.8 Å². The fourth-order valence-corrected chi connectivity index (χ4v) is 4.58. The van der Waals surface area contributed by atoms with Crippen LogP contribution < -0.4 is 5.32 Å². The zero-order valence-corrected chi connectivity index (χ0v) is 19.0. The summed E-state index contributed by atoms with van der Waals surface area (Å²) in [4.78, 5) is 10.9. The minimum atomic E-state index is -1.21. The quantitative estimate of drug-likeness (QED) is 0.378. The monoisotopic (exact) mass is 441 g/mol. The summed E-state index contributed by atoms with van der Waals surface area (Å²) in [7, 11) is 0. The summed E-state index contributed by atoms with van der Waals surface area (Å²) in [6, 6.07) is 15.7. The second-order valence-corrected chi connectivity index (χ2v) is 9.44. The van der Waals surface area contributed by atoms with Crippen LogP contribution in [0.4, 0.5) is 0 Å². The lowest BCUT2D eigenvalue weighted by atomic mass is 9.88. The van der Waals surface area contributed by atoms with Crippen LogP contribution in [0.25, 0.3) is 0 Å². The van der Waals surface area contributed by atoms with Gasteiger partial charge in [-0.2, -0.15) is 0 Å². The van der Waals surface area contributed by atoms with Gasteiger partial charge in [-0.25, -0.2) is 0 Å². The van der Waals surface area contributed by atoms with Gasteiger partial charge in [-0.15, -0.1) is 0 Å². The number of β-amino-alcohol motifs (C(OH)–C–C–N with tert-alkyl or cyclic N) is 1. The molecule has 6 heteroatoms. The molecule has 6 nitrogen and oxygen atoms in total. The van der Waals surface area contributed by atoms with Gasteiger partial charge in [0.2, 0.25) is 0 Å². The fourth-order valence-electron chi connectivity index (χ4n) is 4.58. The third-order valence-corrected chi connectivity index (χ3v) is 6.13. The number of hydrogen-bond donors (Lipinski definition) is 4. The number of carbonyl (C=O) groups is 1. The highest BCUT2D eigenvalue weighted by Crippen LogP contribution is 2.31. The van der Waals surface area contributed by atoms with E-state index < -0.39 is 18.4 Å². The Bertz CT molecular complexity index is 872. The number of benzene rings is 2. The van der Waals surface area contributed by atoms with Gasteiger partial charge in [-0.1, -0.05) is 48.5 Å². The molecular weight excluding hydrogens is 406 g/mol. The van der Waals surface area contributed by atoms with Crippen molar-refractivity contribution in [2.24, 2.45) is 5.92 Å². The molecule has 0 saturated heterocycles. The molecule has 1 aliphatic carbocycles. The molecule has 2 atom stereocenters. The molecule has 0 aliphatic heterocycles. The predicted molar refractivity (Wildman–Crippen MR) is 123 cm³/mol. The molecule has 4 N–H and O–H groups in total. The van der Waals surface area contributed by atoms with E-state index in [1.165, 1.54) is 11.1 Å². The first kappa shape index (κ1) is 24.4. The fraction of sp³-hybridized carbons (Fsp3) is 0.500. The molecule has 1 aliphatic rings. The molecule has 2 aromatic rings. The second kappa shape index (κ2) is 11.1. The number of aliphatic hydroxyl groups is 2. The first-order chi connectivity index (χ1) is 15.2. The van der Waals surface area contributed by atoms with E-state index in [1.54, 1.807) is 24.3 Å². The summed E-state index contributed by atoms with van der Waals surface area (Å²) in [5.74, 6) is -0.298. The van der Waals surface area contributed by atoms with Crippen molar-refractivity contribution < 1.29 is 24.9 Å². The van der Waals surface area contributed by atoms with Crippen LogP contribution in [0.2, 0.25) is 0 Å². The molecular formula is C26H35NO5. The van der Waals surface area contributed by atoms with Crippen LogP contribution in [0.1, 0.15) is 55.2 Å². The van der Waals surface area contributed by atoms with Crippen LogP contribution in [0.5, 0.6) is 0 Å². The number of carboxylic acids is 1. The minimum absolute atomic E-state index is 0.0164. The second-order valence-electron chi connectivity index (χ2n) is 9.44. The lowest BCUT2D eigenvalue weighted by Gasteiger charge is -2.30. The van der Waals surface area contributed by atoms with Crippen LogP contribution in [0.15, 0.2) is 48.5 Å². The molecule has 0 spiro atoms. The molecule has 0 unspecified atom stereocenters. The van der Waals surface area contributed by atoms with Gasteiger partial charge >= 0.3 is 5.97 Å². The SMILES string of the molecule is CC(C)(CC1Cc2ccccc2C1)NC[C@@H](O)CO[C@@H](O)c1ccccc1CCC(=O)O. The van der Waals surface area contributed by atoms with Crippen molar-refractivity contribution in [2.45, 2.75) is 63.9 Å². The molecule has 3 rings (SSSR count). The van der Waals surface area contributed by atoms with Crippen LogP contribution >= 0.6 is 0 Å². The van der Waals surface area contributed by atoms with E-state index >= 15 is 0 Å². The lowest BCUT2D eigenvalue weighted by molar-refractivity contribution is -0.137. The molecule has 0 aromatic heterocycles. The molecule has 2 aromatic carbocycles. The topological polar surface area (TPSA) is 99.0 Å². The average molecular weight is 442 g/mol. The Labute approximate surface area is 190 Å². The summed E-state index contributed by atoms with van der Waals surface area (Å²) in [5.41, 5.74) is 4.03. The molecule has 0 amide bonds. The number of ether oxygens (including phenoxy) is 1. The Kier molecular flexibility index (Phi) is 8.43. The van der Waals surface area contributed by atoms with Crippen molar-refractivity contribution in [2.75, 3.05) is 13.2 Å². The Morgan fingerprint density at radius 1 is 1.09 bits per heavy atom. The van der Waals surface area contributed by atoms with Crippen LogP contribution in [-0.2, 0) is 28.8 Å². The number of fused-ring (bicyclic) bond motifs is 1. The van der Waals surface area contributed by atoms with Gasteiger partial charge in [0.15, 0.2) is 6.29 Å². The van der Waals surface area contributed by atoms with E-state index in [0.29, 0.717) is 24.4 Å². The largest absolute Gasteiger partial charge is 0.481 e. The van der Waals surface area contributed by atoms with E-state index in [2.05, 4.69) is 43.4 Å². The number of carboxylic acid groups (broad SMARTS) is 1. The van der Waals surface area contributed by atoms with Crippen molar-refractivity contribution in [1.29, 1.82) is 0 Å². The maximum atomic E-state index is 10.9. The minimum Gasteiger partial charge on any atom is -0.481 e. The highest BCUT2D eigenvalue weighted by Gasteiger charge is 2.28. The van der Waals surface area contributed by atoms with Crippen LogP contribution in [0.3, 0.4) is 0 Å². The zero-order chi connectivity index (χ0) is 23.1. The number of nitrogens with one attached hydrogen (secondary N) is 1. The molecule has 0 heterocycles. The number of aliphatic hydroxyl groups excluding tert-OH is 2. The Morgan fingerprint density at radius 2 is 1.72 bits per heavy atom. The van der Waals surface area contributed by atoms with E-state index in [4.69, 9.17) is 9.84 Å². The summed E-state index contributed by atoms with van der Waals surface area (Å²) >= 11 is 0. The van der Waals surface area contributed by atoms with E-state index in [0.717, 1.165) is 24.8 Å². The Morgan fingerprint density at radius 3 is 2.38 bits per heavy atom. The maximum Gasteiger partial charge on any atom is 0.303 e. The smallest absolute Gasteiger partial charge is 0.303 e. The zero-order valence-electron chi connectivity index (χ0n) is 19.0. The van der Waals surface area contributed by atoms with Crippen LogP contribution in [0, 0.1) is 5.92 Å². The molecule has 0 radical (unpaired) electrons. The standard InChI is InChI=1S/C26H35NO5/c1-26(2,15-18-13-20-8-3-4-9-21(20)14-18)27-16-22(28)17-32-25(31)23-10-6-5-7-19(23)11-12-24(29)30/h3-10,18,22,25,27-28,31H,11-17H2,1-2H3,(H,29,30)/t22-,25-/m1/s1. The predicted octanol–water partition coefficient (Wildman–Crippen LogP) is 3.25. The number of aryl methyl sites for hydroxylation is 1. The first-order valence-electron chi connectivity index (χ1n) is 11.3. The van der Waals surface area contributed by atoms with Crippen LogP contribution in [-0.4, -0.2) is 46.1 Å². The molecule has 0 fully saturated rings. The summed E-state index contributed by atoms with van der Waals surface area (Å²) in [6.45, 7) is 4.64. The molecule has 0 bridgehead atoms. The summed E-state index contributed by atoms with van der Waals surface area (Å²) in [6.07, 6.45) is 1.53. The Hall–Kier alpha value is -2.25. The van der Waals surface area contributed by atoms with E-state index in [-0.39, 0.29) is 18.6 Å². The normalized spacial score (nSPS) is 16.0. The lowest BCUT2D eigenvalue weighted by Crippen LogP contribution is -2.45. The summed E-state index contributed by atoms with van der Waals surface area (Å²) < 4.78 is 5.50. The molecule has 0 saturated carbocycles. The first-order valence-corrected chi connectivity index (χ1v) is 11.3. The summed E-state index contributed by atoms with van der Waals surface area (Å²) in [5, 5.41) is 33.1. The molecule has 174 valence electrons. The van der Waals surface area contributed by atoms with Gasteiger partial charge in [0.25, 0.3) is 0 Å². The average Bonchev–Trinajstić information content (AvgIpc) is 3.16. The van der Waals surface area contributed by atoms with E-state index in [1.807, 2.05) is 0 Å². The maximum absolute atomic E-state index is 10.9. The van der Waals surface area contributed by atoms with E-state index in [9.17, 15) is 15.0 Å². The van der Waals surface area contributed by atoms with Gasteiger partial charge in [0, 0.05) is 24.1 Å². The number of aliphatic carboxylic acids is 1. The van der Waals surface area contributed by atoms with Gasteiger partial charge in [-0.05, 0) is 62.1 Å².